The number of nitrogens with zero attached hydrogens (tertiary/aromatic N) is 4. The topological polar surface area (TPSA) is 100 Å². The van der Waals surface area contributed by atoms with Crippen molar-refractivity contribution < 1.29 is 4.79 Å². The van der Waals surface area contributed by atoms with Crippen LogP contribution in [0.5, 0.6) is 0 Å². The number of hydrogen-bond acceptors (Lipinski definition) is 6. The van der Waals surface area contributed by atoms with Gasteiger partial charge in [0.2, 0.25) is 5.91 Å². The zero-order valence-corrected chi connectivity index (χ0v) is 16.5. The predicted octanol–water partition coefficient (Wildman–Crippen LogP) is 4.00. The van der Waals surface area contributed by atoms with Crippen molar-refractivity contribution in [1.82, 2.24) is 24.6 Å². The number of benzene rings is 1. The third-order valence-corrected chi connectivity index (χ3v) is 5.59. The Labute approximate surface area is 171 Å². The molecule has 0 aliphatic heterocycles. The molecule has 3 aromatic heterocycles. The molecule has 0 saturated heterocycles. The van der Waals surface area contributed by atoms with Crippen LogP contribution in [0.4, 0.5) is 17.3 Å². The van der Waals surface area contributed by atoms with Crippen molar-refractivity contribution in [2.45, 2.75) is 29.8 Å². The monoisotopic (exact) mass is 405 g/mol. The van der Waals surface area contributed by atoms with Gasteiger partial charge in [-0.1, -0.05) is 11.8 Å². The van der Waals surface area contributed by atoms with Crippen LogP contribution in [0.25, 0.3) is 5.52 Å². The van der Waals surface area contributed by atoms with E-state index in [2.05, 4.69) is 25.8 Å². The van der Waals surface area contributed by atoms with E-state index in [9.17, 15) is 4.79 Å². The van der Waals surface area contributed by atoms with Gasteiger partial charge in [-0.2, -0.15) is 5.10 Å². The number of aryl methyl sites for hydroxylation is 1. The molecule has 1 amide bonds. The van der Waals surface area contributed by atoms with Crippen LogP contribution < -0.4 is 10.6 Å². The summed E-state index contributed by atoms with van der Waals surface area (Å²) in [7, 11) is 0. The van der Waals surface area contributed by atoms with Crippen LogP contribution in [0.2, 0.25) is 0 Å². The molecule has 4 aromatic rings. The Balaban J connectivity index is 1.37. The van der Waals surface area contributed by atoms with Crippen LogP contribution in [0.3, 0.4) is 0 Å². The van der Waals surface area contributed by atoms with Gasteiger partial charge >= 0.3 is 0 Å². The van der Waals surface area contributed by atoms with Gasteiger partial charge in [0.25, 0.3) is 0 Å². The van der Waals surface area contributed by atoms with Gasteiger partial charge in [0, 0.05) is 34.3 Å². The van der Waals surface area contributed by atoms with Gasteiger partial charge < -0.3 is 10.6 Å². The lowest BCUT2D eigenvalue weighted by atomic mass is 10.3. The number of anilines is 3. The summed E-state index contributed by atoms with van der Waals surface area (Å²) in [6, 6.07) is 11.6. The van der Waals surface area contributed by atoms with Crippen molar-refractivity contribution in [3.63, 3.8) is 0 Å². The molecule has 5 rings (SSSR count). The Morgan fingerprint density at radius 1 is 1.21 bits per heavy atom. The summed E-state index contributed by atoms with van der Waals surface area (Å²) in [6.07, 6.45) is 5.53. The third kappa shape index (κ3) is 3.95. The number of carbonyl (C=O) groups excluding carboxylic acids is 1. The molecule has 0 atom stereocenters. The Morgan fingerprint density at radius 2 is 2.03 bits per heavy atom. The van der Waals surface area contributed by atoms with E-state index in [-0.39, 0.29) is 11.8 Å². The van der Waals surface area contributed by atoms with Gasteiger partial charge in [-0.05, 0) is 44.0 Å². The van der Waals surface area contributed by atoms with E-state index < -0.39 is 0 Å². The largest absolute Gasteiger partial charge is 0.326 e. The molecule has 1 aliphatic rings. The molecule has 1 aromatic carbocycles. The maximum atomic E-state index is 11.9. The Hall–Kier alpha value is -3.33. The highest BCUT2D eigenvalue weighted by molar-refractivity contribution is 7.99. The number of imidazole rings is 1. The number of amides is 1. The number of aromatic amines is 1. The average Bonchev–Trinajstić information content (AvgIpc) is 3.32. The summed E-state index contributed by atoms with van der Waals surface area (Å²) in [4.78, 5) is 21.9. The summed E-state index contributed by atoms with van der Waals surface area (Å²) in [5.74, 6) is 1.71. The summed E-state index contributed by atoms with van der Waals surface area (Å²) in [5, 5.41) is 14.1. The fourth-order valence-electron chi connectivity index (χ4n) is 2.95. The van der Waals surface area contributed by atoms with Crippen LogP contribution in [0.15, 0.2) is 59.0 Å². The Bertz CT molecular complexity index is 1180. The van der Waals surface area contributed by atoms with Crippen molar-refractivity contribution in [2.24, 2.45) is 5.92 Å². The second-order valence-electron chi connectivity index (χ2n) is 7.06. The zero-order valence-electron chi connectivity index (χ0n) is 15.7. The first kappa shape index (κ1) is 17.7. The van der Waals surface area contributed by atoms with E-state index >= 15 is 0 Å². The van der Waals surface area contributed by atoms with E-state index in [0.29, 0.717) is 11.6 Å². The minimum atomic E-state index is 0.111. The van der Waals surface area contributed by atoms with Crippen LogP contribution in [0, 0.1) is 12.8 Å². The molecule has 1 fully saturated rings. The van der Waals surface area contributed by atoms with Gasteiger partial charge in [0.15, 0.2) is 11.0 Å². The quantitative estimate of drug-likeness (QED) is 0.419. The first-order chi connectivity index (χ1) is 14.1. The highest BCUT2D eigenvalue weighted by Gasteiger charge is 2.29. The zero-order chi connectivity index (χ0) is 19.8. The molecule has 1 saturated carbocycles. The highest BCUT2D eigenvalue weighted by atomic mass is 32.2. The van der Waals surface area contributed by atoms with Crippen LogP contribution in [-0.2, 0) is 4.79 Å². The third-order valence-electron chi connectivity index (χ3n) is 4.62. The number of nitrogens with one attached hydrogen (secondary N) is 3. The normalized spacial score (nSPS) is 13.6. The Morgan fingerprint density at radius 3 is 2.76 bits per heavy atom. The lowest BCUT2D eigenvalue weighted by Crippen LogP contribution is -2.12. The number of aromatic nitrogens is 5. The molecule has 1 aliphatic carbocycles. The number of H-pyrrole nitrogens is 1. The highest BCUT2D eigenvalue weighted by Crippen LogP contribution is 2.32. The maximum Gasteiger partial charge on any atom is 0.227 e. The minimum Gasteiger partial charge on any atom is -0.326 e. The number of rotatable bonds is 6. The SMILES string of the molecule is Cc1cc(Nc2cc3cncn3c(Sc3ccc(NC(=O)C4CC4)cc3)n2)n[nH]1. The standard InChI is InChI=1S/C20H19N7OS/c1-12-8-18(26-25-12)23-17-9-15-10-21-11-27(15)20(24-17)29-16-6-4-14(5-7-16)22-19(28)13-2-3-13/h4-11,13H,2-3H2,1H3,(H,22,28)(H2,23,25,26). The number of carbonyl (C=O) groups is 1. The summed E-state index contributed by atoms with van der Waals surface area (Å²) in [5.41, 5.74) is 2.73. The van der Waals surface area contributed by atoms with Gasteiger partial charge in [-0.15, -0.1) is 0 Å². The van der Waals surface area contributed by atoms with Crippen molar-refractivity contribution in [3.8, 4) is 0 Å². The first-order valence-corrected chi connectivity index (χ1v) is 10.2. The summed E-state index contributed by atoms with van der Waals surface area (Å²) >= 11 is 1.53. The Kier molecular flexibility index (Phi) is 4.44. The molecule has 8 nitrogen and oxygen atoms in total. The summed E-state index contributed by atoms with van der Waals surface area (Å²) < 4.78 is 1.94. The van der Waals surface area contributed by atoms with Crippen molar-refractivity contribution in [3.05, 3.63) is 54.6 Å². The van der Waals surface area contributed by atoms with Crippen molar-refractivity contribution >= 4 is 40.5 Å². The molecule has 3 N–H and O–H groups in total. The van der Waals surface area contributed by atoms with E-state index in [1.165, 1.54) is 11.8 Å². The van der Waals surface area contributed by atoms with Gasteiger partial charge in [0.05, 0.1) is 11.7 Å². The smallest absolute Gasteiger partial charge is 0.227 e. The molecule has 0 spiro atoms. The molecule has 0 radical (unpaired) electrons. The second-order valence-corrected chi connectivity index (χ2v) is 8.10. The molecule has 146 valence electrons. The second kappa shape index (κ2) is 7.25. The number of fused-ring (bicyclic) bond motifs is 1. The average molecular weight is 405 g/mol. The van der Waals surface area contributed by atoms with E-state index in [0.717, 1.165) is 39.8 Å². The van der Waals surface area contributed by atoms with Gasteiger partial charge in [-0.3, -0.25) is 14.3 Å². The van der Waals surface area contributed by atoms with Gasteiger partial charge in [-0.25, -0.2) is 9.97 Å². The van der Waals surface area contributed by atoms with Crippen LogP contribution in [-0.4, -0.2) is 30.5 Å². The minimum absolute atomic E-state index is 0.111. The molecular formula is C20H19N7OS. The van der Waals surface area contributed by atoms with Crippen molar-refractivity contribution in [1.29, 1.82) is 0 Å². The summed E-state index contributed by atoms with van der Waals surface area (Å²) in [6.45, 7) is 1.95. The van der Waals surface area contributed by atoms with Crippen LogP contribution >= 0.6 is 11.8 Å². The van der Waals surface area contributed by atoms with E-state index in [1.807, 2.05) is 47.7 Å². The first-order valence-electron chi connectivity index (χ1n) is 9.35. The molecule has 3 heterocycles. The molecule has 0 bridgehead atoms. The lowest BCUT2D eigenvalue weighted by Gasteiger charge is -2.09. The fraction of sp³-hybridized carbons (Fsp3) is 0.200. The fourth-order valence-corrected chi connectivity index (χ4v) is 3.83. The molecule has 29 heavy (non-hydrogen) atoms. The molecule has 0 unspecified atom stereocenters. The maximum absolute atomic E-state index is 11.9. The lowest BCUT2D eigenvalue weighted by molar-refractivity contribution is -0.117. The van der Waals surface area contributed by atoms with Crippen molar-refractivity contribution in [2.75, 3.05) is 10.6 Å². The number of hydrogen-bond donors (Lipinski definition) is 3. The van der Waals surface area contributed by atoms with Crippen LogP contribution in [0.1, 0.15) is 18.5 Å². The molecular weight excluding hydrogens is 386 g/mol. The van der Waals surface area contributed by atoms with E-state index in [1.54, 1.807) is 12.5 Å². The predicted molar refractivity (Wildman–Crippen MR) is 112 cm³/mol. The van der Waals surface area contributed by atoms with E-state index in [4.69, 9.17) is 4.98 Å². The van der Waals surface area contributed by atoms with Gasteiger partial charge in [0.1, 0.15) is 12.1 Å². The molecule has 9 heteroatoms.